The molecule has 0 spiro atoms. The van der Waals surface area contributed by atoms with Crippen molar-refractivity contribution >= 4 is 0 Å². The molecule has 2 aromatic carbocycles. The van der Waals surface area contributed by atoms with E-state index in [9.17, 15) is 0 Å². The van der Waals surface area contributed by atoms with E-state index in [4.69, 9.17) is 13.9 Å². The Morgan fingerprint density at radius 2 is 1.52 bits per heavy atom. The summed E-state index contributed by atoms with van der Waals surface area (Å²) in [7, 11) is 1.63. The lowest BCUT2D eigenvalue weighted by molar-refractivity contribution is 0.264. The Balaban J connectivity index is 1.65. The maximum Gasteiger partial charge on any atom is 0.254 e. The van der Waals surface area contributed by atoms with Gasteiger partial charge in [-0.3, -0.25) is 0 Å². The van der Waals surface area contributed by atoms with Crippen LogP contribution in [0, 0.1) is 0 Å². The van der Waals surface area contributed by atoms with E-state index in [1.165, 1.54) is 5.56 Å². The second-order valence-electron chi connectivity index (χ2n) is 6.79. The third kappa shape index (κ3) is 4.18. The zero-order chi connectivity index (χ0) is 17.9. The number of hydrogen-bond acceptors (Lipinski definition) is 5. The van der Waals surface area contributed by atoms with Gasteiger partial charge in [0.05, 0.1) is 7.11 Å². The largest absolute Gasteiger partial charge is 0.497 e. The Hall–Kier alpha value is -2.82. The van der Waals surface area contributed by atoms with Gasteiger partial charge < -0.3 is 13.9 Å². The molecule has 0 fully saturated rings. The minimum atomic E-state index is 0.116. The van der Waals surface area contributed by atoms with Crippen molar-refractivity contribution in [1.29, 1.82) is 0 Å². The van der Waals surface area contributed by atoms with E-state index in [1.807, 2.05) is 36.4 Å². The van der Waals surface area contributed by atoms with Gasteiger partial charge in [-0.05, 0) is 47.4 Å². The van der Waals surface area contributed by atoms with Crippen LogP contribution >= 0.6 is 0 Å². The molecule has 25 heavy (non-hydrogen) atoms. The number of ether oxygens (including phenoxy) is 2. The van der Waals surface area contributed by atoms with Crippen molar-refractivity contribution in [2.45, 2.75) is 32.8 Å². The zero-order valence-electron chi connectivity index (χ0n) is 14.9. The molecule has 0 atom stereocenters. The molecule has 0 saturated carbocycles. The van der Waals surface area contributed by atoms with Crippen LogP contribution in [0.1, 0.15) is 32.2 Å². The zero-order valence-corrected chi connectivity index (χ0v) is 14.9. The highest BCUT2D eigenvalue weighted by Crippen LogP contribution is 2.26. The van der Waals surface area contributed by atoms with E-state index < -0.39 is 0 Å². The molecular formula is C20H22N2O3. The standard InChI is InChI=1S/C20H22N2O3/c1-20(2,3)15-7-5-14(6-8-15)19-22-21-18(25-19)13-24-17-11-9-16(23-4)10-12-17/h5-12H,13H2,1-4H3. The molecule has 0 N–H and O–H groups in total. The Labute approximate surface area is 147 Å². The van der Waals surface area contributed by atoms with Crippen molar-refractivity contribution < 1.29 is 13.9 Å². The molecule has 0 aliphatic heterocycles. The van der Waals surface area contributed by atoms with E-state index in [-0.39, 0.29) is 12.0 Å². The summed E-state index contributed by atoms with van der Waals surface area (Å²) in [5.74, 6) is 2.43. The van der Waals surface area contributed by atoms with Crippen molar-refractivity contribution in [3.8, 4) is 23.0 Å². The summed E-state index contributed by atoms with van der Waals surface area (Å²) in [6.07, 6.45) is 0. The van der Waals surface area contributed by atoms with Crippen LogP contribution in [0.5, 0.6) is 11.5 Å². The summed E-state index contributed by atoms with van der Waals surface area (Å²) < 4.78 is 16.5. The summed E-state index contributed by atoms with van der Waals surface area (Å²) in [6.45, 7) is 6.77. The lowest BCUT2D eigenvalue weighted by Crippen LogP contribution is -2.10. The van der Waals surface area contributed by atoms with Crippen LogP contribution in [0.4, 0.5) is 0 Å². The predicted molar refractivity (Wildman–Crippen MR) is 95.8 cm³/mol. The first-order chi connectivity index (χ1) is 12.0. The van der Waals surface area contributed by atoms with Gasteiger partial charge >= 0.3 is 0 Å². The highest BCUT2D eigenvalue weighted by atomic mass is 16.5. The quantitative estimate of drug-likeness (QED) is 0.679. The summed E-state index contributed by atoms with van der Waals surface area (Å²) in [5.41, 5.74) is 2.28. The van der Waals surface area contributed by atoms with Gasteiger partial charge in [0.1, 0.15) is 11.5 Å². The maximum absolute atomic E-state index is 5.69. The Kier molecular flexibility index (Phi) is 4.74. The number of nitrogens with zero attached hydrogens (tertiary/aromatic N) is 2. The van der Waals surface area contributed by atoms with Gasteiger partial charge in [-0.25, -0.2) is 0 Å². The average molecular weight is 338 g/mol. The monoisotopic (exact) mass is 338 g/mol. The molecule has 0 aliphatic carbocycles. The van der Waals surface area contributed by atoms with E-state index in [2.05, 4.69) is 43.1 Å². The normalized spacial score (nSPS) is 11.4. The van der Waals surface area contributed by atoms with Gasteiger partial charge in [0.25, 0.3) is 5.89 Å². The lowest BCUT2D eigenvalue weighted by Gasteiger charge is -2.18. The number of benzene rings is 2. The van der Waals surface area contributed by atoms with E-state index >= 15 is 0 Å². The van der Waals surface area contributed by atoms with Gasteiger partial charge in [0.15, 0.2) is 6.61 Å². The average Bonchev–Trinajstić information content (AvgIpc) is 3.09. The fraction of sp³-hybridized carbons (Fsp3) is 0.300. The molecule has 1 aromatic heterocycles. The number of methoxy groups -OCH3 is 1. The SMILES string of the molecule is COc1ccc(OCc2nnc(-c3ccc(C(C)(C)C)cc3)o2)cc1. The molecule has 0 unspecified atom stereocenters. The van der Waals surface area contributed by atoms with Crippen LogP contribution in [0.15, 0.2) is 52.9 Å². The molecule has 3 aromatic rings. The van der Waals surface area contributed by atoms with Crippen LogP contribution in [0.3, 0.4) is 0 Å². The lowest BCUT2D eigenvalue weighted by atomic mass is 9.87. The Bertz CT molecular complexity index is 815. The van der Waals surface area contributed by atoms with Crippen LogP contribution < -0.4 is 9.47 Å². The molecule has 0 aliphatic rings. The smallest absolute Gasteiger partial charge is 0.254 e. The number of hydrogen-bond donors (Lipinski definition) is 0. The molecule has 130 valence electrons. The first-order valence-electron chi connectivity index (χ1n) is 8.16. The van der Waals surface area contributed by atoms with Gasteiger partial charge in [0.2, 0.25) is 5.89 Å². The van der Waals surface area contributed by atoms with Crippen LogP contribution in [0.2, 0.25) is 0 Å². The highest BCUT2D eigenvalue weighted by Gasteiger charge is 2.15. The molecule has 1 heterocycles. The molecule has 0 bridgehead atoms. The third-order valence-corrected chi connectivity index (χ3v) is 3.89. The van der Waals surface area contributed by atoms with E-state index in [0.29, 0.717) is 11.8 Å². The molecule has 0 radical (unpaired) electrons. The molecule has 3 rings (SSSR count). The summed E-state index contributed by atoms with van der Waals surface area (Å²) in [5, 5.41) is 8.15. The second kappa shape index (κ2) is 6.97. The Morgan fingerprint density at radius 3 is 2.12 bits per heavy atom. The molecular weight excluding hydrogens is 316 g/mol. The van der Waals surface area contributed by atoms with Crippen LogP contribution in [0.25, 0.3) is 11.5 Å². The molecule has 5 heteroatoms. The number of rotatable bonds is 5. The minimum Gasteiger partial charge on any atom is -0.497 e. The molecule has 5 nitrogen and oxygen atoms in total. The summed E-state index contributed by atoms with van der Waals surface area (Å²) >= 11 is 0. The van der Waals surface area contributed by atoms with Crippen molar-refractivity contribution in [3.63, 3.8) is 0 Å². The van der Waals surface area contributed by atoms with Gasteiger partial charge in [-0.2, -0.15) is 0 Å². The Morgan fingerprint density at radius 1 is 0.880 bits per heavy atom. The predicted octanol–water partition coefficient (Wildman–Crippen LogP) is 4.62. The minimum absolute atomic E-state index is 0.116. The van der Waals surface area contributed by atoms with E-state index in [1.54, 1.807) is 7.11 Å². The molecule has 0 amide bonds. The fourth-order valence-electron chi connectivity index (χ4n) is 2.36. The number of aromatic nitrogens is 2. The van der Waals surface area contributed by atoms with Crippen LogP contribution in [-0.2, 0) is 12.0 Å². The second-order valence-corrected chi connectivity index (χ2v) is 6.79. The van der Waals surface area contributed by atoms with Gasteiger partial charge in [-0.1, -0.05) is 32.9 Å². The van der Waals surface area contributed by atoms with Crippen molar-refractivity contribution in [1.82, 2.24) is 10.2 Å². The van der Waals surface area contributed by atoms with Crippen molar-refractivity contribution in [2.24, 2.45) is 0 Å². The molecule has 0 saturated heterocycles. The topological polar surface area (TPSA) is 57.4 Å². The summed E-state index contributed by atoms with van der Waals surface area (Å²) in [6, 6.07) is 15.5. The maximum atomic E-state index is 5.69. The summed E-state index contributed by atoms with van der Waals surface area (Å²) in [4.78, 5) is 0. The fourth-order valence-corrected chi connectivity index (χ4v) is 2.36. The van der Waals surface area contributed by atoms with E-state index in [0.717, 1.165) is 17.1 Å². The highest BCUT2D eigenvalue weighted by molar-refractivity contribution is 5.53. The van der Waals surface area contributed by atoms with Crippen LogP contribution in [-0.4, -0.2) is 17.3 Å². The first kappa shape index (κ1) is 17.0. The van der Waals surface area contributed by atoms with Gasteiger partial charge in [-0.15, -0.1) is 10.2 Å². The first-order valence-corrected chi connectivity index (χ1v) is 8.16. The third-order valence-electron chi connectivity index (χ3n) is 3.89. The van der Waals surface area contributed by atoms with Gasteiger partial charge in [0, 0.05) is 5.56 Å². The van der Waals surface area contributed by atoms with Crippen molar-refractivity contribution in [2.75, 3.05) is 7.11 Å². The van der Waals surface area contributed by atoms with Crippen molar-refractivity contribution in [3.05, 3.63) is 60.0 Å².